The largest absolute Gasteiger partial charge is 0.493 e. The molecule has 1 atom stereocenters. The first-order valence-electron chi connectivity index (χ1n) is 11.4. The van der Waals surface area contributed by atoms with E-state index in [0.717, 1.165) is 43.3 Å². The lowest BCUT2D eigenvalue weighted by molar-refractivity contribution is -0.138. The second-order valence-corrected chi connectivity index (χ2v) is 10.3. The highest BCUT2D eigenvalue weighted by Crippen LogP contribution is 2.37. The van der Waals surface area contributed by atoms with Crippen LogP contribution >= 0.6 is 22.9 Å². The summed E-state index contributed by atoms with van der Waals surface area (Å²) in [5, 5.41) is 23.5. The van der Waals surface area contributed by atoms with E-state index in [1.165, 1.54) is 16.7 Å². The van der Waals surface area contributed by atoms with Crippen LogP contribution in [0.15, 0.2) is 51.4 Å². The van der Waals surface area contributed by atoms with Crippen LogP contribution in [0.1, 0.15) is 34.4 Å². The minimum absolute atomic E-state index is 0.0102. The highest BCUT2D eigenvalue weighted by molar-refractivity contribution is 7.10. The third-order valence-corrected chi connectivity index (χ3v) is 7.73. The Balaban J connectivity index is 1.66. The van der Waals surface area contributed by atoms with Crippen LogP contribution in [-0.4, -0.2) is 29.0 Å². The fourth-order valence-corrected chi connectivity index (χ4v) is 5.79. The molecule has 0 aliphatic carbocycles. The molecule has 0 unspecified atom stereocenters. The number of alkyl halides is 3. The van der Waals surface area contributed by atoms with Gasteiger partial charge in [0.25, 0.3) is 0 Å². The molecule has 0 spiro atoms. The Morgan fingerprint density at radius 3 is 2.83 bits per heavy atom. The predicted molar refractivity (Wildman–Crippen MR) is 133 cm³/mol. The SMILES string of the molecule is O=c1sc(C(Cc2ccc(Cl)cc2C(F)(F)F)=c2ccc3c(c2)C=NN=3)c(O)n1C[C@@H]1CCCNC1. The first-order chi connectivity index (χ1) is 17.2. The predicted octanol–water partition coefficient (Wildman–Crippen LogP) is 3.70. The van der Waals surface area contributed by atoms with Gasteiger partial charge in [-0.25, -0.2) is 0 Å². The molecule has 0 saturated carbocycles. The van der Waals surface area contributed by atoms with Crippen molar-refractivity contribution >= 4 is 34.7 Å². The lowest BCUT2D eigenvalue weighted by Gasteiger charge is -2.23. The van der Waals surface area contributed by atoms with E-state index in [1.54, 1.807) is 24.4 Å². The van der Waals surface area contributed by atoms with Crippen LogP contribution in [0.2, 0.25) is 5.02 Å². The molecular formula is C25H22ClF3N4O2S. The molecule has 2 aromatic carbocycles. The van der Waals surface area contributed by atoms with E-state index in [9.17, 15) is 23.1 Å². The molecule has 2 aliphatic heterocycles. The molecule has 0 bridgehead atoms. The summed E-state index contributed by atoms with van der Waals surface area (Å²) in [6, 6.07) is 8.82. The Kier molecular flexibility index (Phi) is 6.76. The standard InChI is InChI=1S/C25H22ClF3N4O2S/c26-18-5-3-16(20(10-18)25(27,28)29)9-19(15-4-6-21-17(8-15)12-31-32-21)22-23(34)33(24(35)36-22)13-14-2-1-7-30-11-14/h3-6,8,10,12,14,30,34H,1-2,7,9,11,13H2/t14-/m1/s1. The number of nitrogens with zero attached hydrogens (tertiary/aromatic N) is 3. The van der Waals surface area contributed by atoms with E-state index in [2.05, 4.69) is 15.5 Å². The number of halogens is 4. The fourth-order valence-electron chi connectivity index (χ4n) is 4.65. The van der Waals surface area contributed by atoms with Crippen molar-refractivity contribution in [2.24, 2.45) is 16.1 Å². The van der Waals surface area contributed by atoms with Crippen LogP contribution in [0.5, 0.6) is 5.88 Å². The van der Waals surface area contributed by atoms with Gasteiger partial charge in [0.1, 0.15) is 0 Å². The van der Waals surface area contributed by atoms with Crippen LogP contribution in [0, 0.1) is 5.92 Å². The summed E-state index contributed by atoms with van der Waals surface area (Å²) >= 11 is 6.72. The van der Waals surface area contributed by atoms with Crippen molar-refractivity contribution in [2.45, 2.75) is 32.0 Å². The first-order valence-corrected chi connectivity index (χ1v) is 12.6. The van der Waals surface area contributed by atoms with Crippen LogP contribution in [0.3, 0.4) is 0 Å². The van der Waals surface area contributed by atoms with Gasteiger partial charge >= 0.3 is 11.0 Å². The van der Waals surface area contributed by atoms with Crippen LogP contribution in [-0.2, 0) is 19.1 Å². The van der Waals surface area contributed by atoms with E-state index in [1.807, 2.05) is 0 Å². The molecule has 36 heavy (non-hydrogen) atoms. The summed E-state index contributed by atoms with van der Waals surface area (Å²) in [6.07, 6.45) is -1.33. The van der Waals surface area contributed by atoms with Crippen molar-refractivity contribution in [1.29, 1.82) is 0 Å². The summed E-state index contributed by atoms with van der Waals surface area (Å²) in [6.45, 7) is 1.99. The van der Waals surface area contributed by atoms with Gasteiger partial charge in [0.05, 0.1) is 22.0 Å². The number of aromatic nitrogens is 1. The molecule has 3 aromatic rings. The number of nitrogens with one attached hydrogen (secondary N) is 1. The Bertz CT molecular complexity index is 1520. The number of hydrogen-bond donors (Lipinski definition) is 2. The number of piperidine rings is 1. The number of aromatic hydroxyl groups is 1. The second-order valence-electron chi connectivity index (χ2n) is 8.92. The zero-order valence-electron chi connectivity index (χ0n) is 19.0. The first kappa shape index (κ1) is 24.7. The highest BCUT2D eigenvalue weighted by Gasteiger charge is 2.34. The van der Waals surface area contributed by atoms with E-state index in [4.69, 9.17) is 11.6 Å². The Morgan fingerprint density at radius 2 is 2.08 bits per heavy atom. The number of thiazole rings is 1. The van der Waals surface area contributed by atoms with Crippen molar-refractivity contribution in [3.8, 4) is 5.88 Å². The van der Waals surface area contributed by atoms with E-state index >= 15 is 0 Å². The van der Waals surface area contributed by atoms with Crippen molar-refractivity contribution in [2.75, 3.05) is 13.1 Å². The fraction of sp³-hybridized carbons (Fsp3) is 0.320. The van der Waals surface area contributed by atoms with Gasteiger partial charge in [-0.05, 0) is 72.5 Å². The van der Waals surface area contributed by atoms with Gasteiger partial charge in [-0.3, -0.25) is 9.36 Å². The minimum Gasteiger partial charge on any atom is -0.493 e. The molecule has 6 nitrogen and oxygen atoms in total. The van der Waals surface area contributed by atoms with E-state index < -0.39 is 11.7 Å². The molecule has 2 aliphatic rings. The van der Waals surface area contributed by atoms with E-state index in [-0.39, 0.29) is 38.6 Å². The van der Waals surface area contributed by atoms with E-state index in [0.29, 0.717) is 28.3 Å². The summed E-state index contributed by atoms with van der Waals surface area (Å²) in [7, 11) is 0. The molecule has 1 aromatic heterocycles. The van der Waals surface area contributed by atoms with Crippen molar-refractivity contribution < 1.29 is 18.3 Å². The van der Waals surface area contributed by atoms with Crippen LogP contribution in [0.4, 0.5) is 13.2 Å². The monoisotopic (exact) mass is 534 g/mol. The quantitative estimate of drug-likeness (QED) is 0.524. The number of hydrogen-bond acceptors (Lipinski definition) is 6. The zero-order valence-corrected chi connectivity index (χ0v) is 20.6. The summed E-state index contributed by atoms with van der Waals surface area (Å²) in [5.41, 5.74) is 0.247. The summed E-state index contributed by atoms with van der Waals surface area (Å²) in [4.78, 5) is 12.8. The van der Waals surface area contributed by atoms with Gasteiger partial charge in [-0.1, -0.05) is 35.1 Å². The van der Waals surface area contributed by atoms with Crippen LogP contribution < -0.4 is 20.8 Å². The molecule has 188 valence electrons. The minimum atomic E-state index is -4.62. The number of fused-ring (bicyclic) bond motifs is 1. The Morgan fingerprint density at radius 1 is 1.25 bits per heavy atom. The van der Waals surface area contributed by atoms with Gasteiger partial charge in [-0.15, -0.1) is 0 Å². The third-order valence-electron chi connectivity index (χ3n) is 6.47. The topological polar surface area (TPSA) is 79.0 Å². The summed E-state index contributed by atoms with van der Waals surface area (Å²) < 4.78 is 42.9. The highest BCUT2D eigenvalue weighted by atomic mass is 35.5. The average Bonchev–Trinajstić information content (AvgIpc) is 3.43. The molecule has 1 fully saturated rings. The van der Waals surface area contributed by atoms with Crippen molar-refractivity contribution in [3.63, 3.8) is 0 Å². The lowest BCUT2D eigenvalue weighted by Crippen LogP contribution is -2.33. The summed E-state index contributed by atoms with van der Waals surface area (Å²) in [5.74, 6) is -0.0499. The molecule has 5 rings (SSSR count). The van der Waals surface area contributed by atoms with Crippen LogP contribution in [0.25, 0.3) is 5.57 Å². The molecule has 0 radical (unpaired) electrons. The van der Waals surface area contributed by atoms with Gasteiger partial charge in [0.2, 0.25) is 5.88 Å². The molecular weight excluding hydrogens is 513 g/mol. The zero-order chi connectivity index (χ0) is 25.4. The normalized spacial score (nSPS) is 18.2. The van der Waals surface area contributed by atoms with Gasteiger partial charge in [-0.2, -0.15) is 23.4 Å². The van der Waals surface area contributed by atoms with Crippen molar-refractivity contribution in [1.82, 2.24) is 9.88 Å². The Hall–Kier alpha value is -2.95. The number of benzene rings is 2. The third kappa shape index (κ3) is 4.98. The molecule has 11 heteroatoms. The maximum Gasteiger partial charge on any atom is 0.416 e. The molecule has 3 heterocycles. The average molecular weight is 535 g/mol. The molecule has 1 saturated heterocycles. The number of rotatable bonds is 5. The second kappa shape index (κ2) is 9.84. The smallest absolute Gasteiger partial charge is 0.416 e. The van der Waals surface area contributed by atoms with Crippen molar-refractivity contribution in [3.05, 3.63) is 83.2 Å². The van der Waals surface area contributed by atoms with Gasteiger partial charge in [0, 0.05) is 23.6 Å². The molecule has 2 N–H and O–H groups in total. The maximum absolute atomic E-state index is 13.9. The maximum atomic E-state index is 13.9. The van der Waals surface area contributed by atoms with Gasteiger partial charge in [0.15, 0.2) is 0 Å². The molecule has 0 amide bonds. The lowest BCUT2D eigenvalue weighted by atomic mass is 9.96. The Labute approximate surface area is 213 Å². The van der Waals surface area contributed by atoms with Gasteiger partial charge < -0.3 is 10.4 Å².